The Balaban J connectivity index is 2.68. The van der Waals surface area contributed by atoms with Crippen molar-refractivity contribution in [3.05, 3.63) is 12.4 Å². The number of nitrogen functional groups attached to an aromatic ring is 1. The minimum absolute atomic E-state index is 0.221. The van der Waals surface area contributed by atoms with Gasteiger partial charge in [0, 0.05) is 12.0 Å². The molecule has 1 aromatic rings. The predicted molar refractivity (Wildman–Crippen MR) is 58.0 cm³/mol. The molecule has 1 amide bonds. The third-order valence-electron chi connectivity index (χ3n) is 1.75. The second-order valence-corrected chi connectivity index (χ2v) is 3.98. The van der Waals surface area contributed by atoms with Crippen LogP contribution < -0.4 is 16.8 Å². The van der Waals surface area contributed by atoms with Crippen LogP contribution in [-0.2, 0) is 4.79 Å². The van der Waals surface area contributed by atoms with Crippen LogP contribution in [0.4, 0.5) is 11.6 Å². The van der Waals surface area contributed by atoms with Crippen LogP contribution in [0.5, 0.6) is 0 Å². The monoisotopic (exact) mass is 209 g/mol. The molecule has 15 heavy (non-hydrogen) atoms. The molecule has 0 bridgehead atoms. The van der Waals surface area contributed by atoms with E-state index in [9.17, 15) is 4.79 Å². The lowest BCUT2D eigenvalue weighted by Gasteiger charge is -2.25. The Morgan fingerprint density at radius 3 is 2.60 bits per heavy atom. The third-order valence-corrected chi connectivity index (χ3v) is 1.75. The normalized spacial score (nSPS) is 11.1. The average molecular weight is 209 g/mol. The van der Waals surface area contributed by atoms with E-state index in [4.69, 9.17) is 11.5 Å². The maximum Gasteiger partial charge on any atom is 0.219 e. The molecule has 1 rings (SSSR count). The highest BCUT2D eigenvalue weighted by Gasteiger charge is 2.20. The molecule has 82 valence electrons. The van der Waals surface area contributed by atoms with Crippen molar-refractivity contribution < 1.29 is 4.79 Å². The van der Waals surface area contributed by atoms with Crippen LogP contribution in [0.25, 0.3) is 0 Å². The Bertz CT molecular complexity index is 346. The second kappa shape index (κ2) is 4.12. The Hall–Kier alpha value is -1.85. The fourth-order valence-corrected chi connectivity index (χ4v) is 1.23. The van der Waals surface area contributed by atoms with E-state index < -0.39 is 5.54 Å². The standard InChI is InChI=1S/C9H15N5O/c1-9(2,3-7(11)15)14-8-5-12-6(10)4-13-8/h4-5H,3H2,1-2H3,(H2,10,12)(H2,11,15)(H,13,14). The van der Waals surface area contributed by atoms with E-state index in [1.807, 2.05) is 13.8 Å². The van der Waals surface area contributed by atoms with E-state index in [1.165, 1.54) is 12.4 Å². The first-order valence-corrected chi connectivity index (χ1v) is 4.53. The molecular weight excluding hydrogens is 194 g/mol. The minimum atomic E-state index is -0.448. The quantitative estimate of drug-likeness (QED) is 0.653. The van der Waals surface area contributed by atoms with Crippen LogP contribution in [0.1, 0.15) is 20.3 Å². The Kier molecular flexibility index (Phi) is 3.08. The van der Waals surface area contributed by atoms with E-state index in [1.54, 1.807) is 0 Å². The summed E-state index contributed by atoms with van der Waals surface area (Å²) >= 11 is 0. The van der Waals surface area contributed by atoms with Gasteiger partial charge in [-0.15, -0.1) is 0 Å². The molecule has 0 fully saturated rings. The zero-order chi connectivity index (χ0) is 11.5. The van der Waals surface area contributed by atoms with Gasteiger partial charge < -0.3 is 16.8 Å². The maximum atomic E-state index is 10.8. The number of primary amides is 1. The molecule has 5 N–H and O–H groups in total. The van der Waals surface area contributed by atoms with Crippen LogP contribution in [0.3, 0.4) is 0 Å². The first-order valence-electron chi connectivity index (χ1n) is 4.53. The van der Waals surface area contributed by atoms with Crippen molar-refractivity contribution in [3.8, 4) is 0 Å². The molecule has 0 saturated heterocycles. The van der Waals surface area contributed by atoms with Crippen molar-refractivity contribution in [2.24, 2.45) is 5.73 Å². The Labute approximate surface area is 88.1 Å². The molecule has 6 nitrogen and oxygen atoms in total. The summed E-state index contributed by atoms with van der Waals surface area (Å²) < 4.78 is 0. The lowest BCUT2D eigenvalue weighted by atomic mass is 10.0. The van der Waals surface area contributed by atoms with Crippen LogP contribution in [-0.4, -0.2) is 21.4 Å². The SMILES string of the molecule is CC(C)(CC(N)=O)Nc1cnc(N)cn1. The zero-order valence-electron chi connectivity index (χ0n) is 8.82. The summed E-state index contributed by atoms with van der Waals surface area (Å²) in [5.74, 6) is 0.555. The van der Waals surface area contributed by atoms with E-state index >= 15 is 0 Å². The first-order chi connectivity index (χ1) is 6.89. The Morgan fingerprint density at radius 1 is 1.47 bits per heavy atom. The van der Waals surface area contributed by atoms with Crippen molar-refractivity contribution in [3.63, 3.8) is 0 Å². The van der Waals surface area contributed by atoms with Gasteiger partial charge in [-0.2, -0.15) is 0 Å². The maximum absolute atomic E-state index is 10.8. The molecule has 0 aliphatic carbocycles. The van der Waals surface area contributed by atoms with Crippen molar-refractivity contribution in [2.45, 2.75) is 25.8 Å². The number of aromatic nitrogens is 2. The highest BCUT2D eigenvalue weighted by molar-refractivity contribution is 5.75. The lowest BCUT2D eigenvalue weighted by Crippen LogP contribution is -2.36. The van der Waals surface area contributed by atoms with E-state index in [2.05, 4.69) is 15.3 Å². The number of hydrogen-bond acceptors (Lipinski definition) is 5. The number of nitrogens with zero attached hydrogens (tertiary/aromatic N) is 2. The number of anilines is 2. The number of carbonyl (C=O) groups excluding carboxylic acids is 1. The summed E-state index contributed by atoms with van der Waals surface area (Å²) in [6.07, 6.45) is 3.18. The highest BCUT2D eigenvalue weighted by atomic mass is 16.1. The van der Waals surface area contributed by atoms with Gasteiger partial charge in [0.05, 0.1) is 12.4 Å². The summed E-state index contributed by atoms with van der Waals surface area (Å²) in [4.78, 5) is 18.7. The number of nitrogens with one attached hydrogen (secondary N) is 1. The zero-order valence-corrected chi connectivity index (χ0v) is 8.82. The molecule has 1 heterocycles. The molecule has 6 heteroatoms. The smallest absolute Gasteiger partial charge is 0.219 e. The molecule has 0 spiro atoms. The van der Waals surface area contributed by atoms with E-state index in [-0.39, 0.29) is 12.3 Å². The summed E-state index contributed by atoms with van der Waals surface area (Å²) in [5.41, 5.74) is 10.1. The number of amides is 1. The fraction of sp³-hybridized carbons (Fsp3) is 0.444. The molecule has 1 aromatic heterocycles. The van der Waals surface area contributed by atoms with Gasteiger partial charge in [0.2, 0.25) is 5.91 Å². The van der Waals surface area contributed by atoms with Crippen LogP contribution in [0.2, 0.25) is 0 Å². The highest BCUT2D eigenvalue weighted by Crippen LogP contribution is 2.15. The van der Waals surface area contributed by atoms with Crippen LogP contribution >= 0.6 is 0 Å². The topological polar surface area (TPSA) is 107 Å². The summed E-state index contributed by atoms with van der Waals surface area (Å²) in [7, 11) is 0. The first kappa shape index (κ1) is 11.2. The Morgan fingerprint density at radius 2 is 2.13 bits per heavy atom. The molecule has 0 unspecified atom stereocenters. The molecule has 0 aliphatic heterocycles. The van der Waals surface area contributed by atoms with Gasteiger partial charge in [-0.05, 0) is 13.8 Å². The lowest BCUT2D eigenvalue weighted by molar-refractivity contribution is -0.118. The third kappa shape index (κ3) is 3.80. The average Bonchev–Trinajstić information content (AvgIpc) is 2.06. The van der Waals surface area contributed by atoms with Gasteiger partial charge in [-0.25, -0.2) is 9.97 Å². The molecule has 0 radical (unpaired) electrons. The number of nitrogens with two attached hydrogens (primary N) is 2. The van der Waals surface area contributed by atoms with Crippen molar-refractivity contribution in [1.29, 1.82) is 0 Å². The largest absolute Gasteiger partial charge is 0.382 e. The predicted octanol–water partition coefficient (Wildman–Crippen LogP) is 0.125. The van der Waals surface area contributed by atoms with Crippen LogP contribution in [0.15, 0.2) is 12.4 Å². The van der Waals surface area contributed by atoms with Gasteiger partial charge in [-0.1, -0.05) is 0 Å². The number of rotatable bonds is 4. The number of hydrogen-bond donors (Lipinski definition) is 3. The van der Waals surface area contributed by atoms with Crippen molar-refractivity contribution in [1.82, 2.24) is 9.97 Å². The van der Waals surface area contributed by atoms with Crippen molar-refractivity contribution in [2.75, 3.05) is 11.1 Å². The molecule has 0 aliphatic rings. The number of carbonyl (C=O) groups is 1. The molecule has 0 saturated carbocycles. The minimum Gasteiger partial charge on any atom is -0.382 e. The van der Waals surface area contributed by atoms with Gasteiger partial charge in [0.15, 0.2) is 0 Å². The summed E-state index contributed by atoms with van der Waals surface area (Å²) in [6, 6.07) is 0. The molecule has 0 aromatic carbocycles. The van der Waals surface area contributed by atoms with Gasteiger partial charge >= 0.3 is 0 Å². The molecule has 0 atom stereocenters. The summed E-state index contributed by atoms with van der Waals surface area (Å²) in [5, 5.41) is 3.05. The van der Waals surface area contributed by atoms with Gasteiger partial charge in [0.1, 0.15) is 11.6 Å². The fourth-order valence-electron chi connectivity index (χ4n) is 1.23. The second-order valence-electron chi connectivity index (χ2n) is 3.98. The van der Waals surface area contributed by atoms with E-state index in [0.29, 0.717) is 11.6 Å². The van der Waals surface area contributed by atoms with Crippen LogP contribution in [0, 0.1) is 0 Å². The van der Waals surface area contributed by atoms with Crippen molar-refractivity contribution >= 4 is 17.5 Å². The van der Waals surface area contributed by atoms with E-state index in [0.717, 1.165) is 0 Å². The van der Waals surface area contributed by atoms with Gasteiger partial charge in [0.25, 0.3) is 0 Å². The molecular formula is C9H15N5O. The van der Waals surface area contributed by atoms with Gasteiger partial charge in [-0.3, -0.25) is 4.79 Å². The summed E-state index contributed by atoms with van der Waals surface area (Å²) in [6.45, 7) is 3.71.